The van der Waals surface area contributed by atoms with Gasteiger partial charge >= 0.3 is 5.69 Å². The Labute approximate surface area is 132 Å². The van der Waals surface area contributed by atoms with E-state index in [1.807, 2.05) is 43.3 Å². The van der Waals surface area contributed by atoms with Crippen LogP contribution in [0.15, 0.2) is 46.1 Å². The molecule has 0 aliphatic carbocycles. The molecular formula is C17H16N4O2. The van der Waals surface area contributed by atoms with Crippen LogP contribution >= 0.6 is 0 Å². The molecular weight excluding hydrogens is 292 g/mol. The van der Waals surface area contributed by atoms with Crippen molar-refractivity contribution in [1.29, 1.82) is 0 Å². The Morgan fingerprint density at radius 2 is 1.78 bits per heavy atom. The first-order chi connectivity index (χ1) is 11.0. The summed E-state index contributed by atoms with van der Waals surface area (Å²) in [6.07, 6.45) is 3.76. The van der Waals surface area contributed by atoms with E-state index in [-0.39, 0.29) is 11.5 Å². The van der Waals surface area contributed by atoms with Crippen LogP contribution in [-0.2, 0) is 14.1 Å². The van der Waals surface area contributed by atoms with E-state index in [2.05, 4.69) is 9.97 Å². The van der Waals surface area contributed by atoms with Crippen LogP contribution in [0, 0.1) is 0 Å². The zero-order valence-electron chi connectivity index (χ0n) is 13.1. The third-order valence-corrected chi connectivity index (χ3v) is 3.68. The minimum atomic E-state index is -0.579. The van der Waals surface area contributed by atoms with Crippen molar-refractivity contribution in [3.8, 4) is 11.5 Å². The standard InChI is InChI=1S/C17H16N4O2/c1-11(9-12-7-5-4-6-8-12)13-10-20(2)15-14(18-13)16(22)21(3)17(23)19-15/h4-10H,1-3H3. The summed E-state index contributed by atoms with van der Waals surface area (Å²) in [6.45, 7) is 1.93. The van der Waals surface area contributed by atoms with E-state index in [4.69, 9.17) is 0 Å². The van der Waals surface area contributed by atoms with E-state index in [0.717, 1.165) is 15.7 Å². The van der Waals surface area contributed by atoms with Crippen LogP contribution in [0.1, 0.15) is 18.2 Å². The summed E-state index contributed by atoms with van der Waals surface area (Å²) < 4.78 is 2.62. The molecule has 1 aromatic rings. The summed E-state index contributed by atoms with van der Waals surface area (Å²) in [5.74, 6) is 0.286. The van der Waals surface area contributed by atoms with Crippen LogP contribution in [0.3, 0.4) is 0 Å². The Bertz CT molecular complexity index is 984. The van der Waals surface area contributed by atoms with E-state index in [1.54, 1.807) is 17.8 Å². The van der Waals surface area contributed by atoms with Gasteiger partial charge in [-0.15, -0.1) is 0 Å². The number of allylic oxidation sites excluding steroid dienone is 1. The molecule has 0 fully saturated rings. The lowest BCUT2D eigenvalue weighted by Gasteiger charge is -2.12. The molecule has 3 rings (SSSR count). The quantitative estimate of drug-likeness (QED) is 0.720. The summed E-state index contributed by atoms with van der Waals surface area (Å²) in [4.78, 5) is 32.2. The first kappa shape index (κ1) is 14.9. The Morgan fingerprint density at radius 3 is 2.48 bits per heavy atom. The zero-order valence-corrected chi connectivity index (χ0v) is 13.1. The molecule has 0 radical (unpaired) electrons. The molecule has 6 nitrogen and oxygen atoms in total. The van der Waals surface area contributed by atoms with E-state index in [0.29, 0.717) is 5.69 Å². The first-order valence-electron chi connectivity index (χ1n) is 7.15. The SMILES string of the molecule is CC(=Cc1ccccc1)c1cn(C)c2nc(=O)n(C)c(=O)c-2n1. The predicted octanol–water partition coefficient (Wildman–Crippen LogP) is 1.54. The Morgan fingerprint density at radius 1 is 1.09 bits per heavy atom. The Kier molecular flexibility index (Phi) is 3.65. The monoisotopic (exact) mass is 308 g/mol. The van der Waals surface area contributed by atoms with Gasteiger partial charge in [0.2, 0.25) is 0 Å². The van der Waals surface area contributed by atoms with Crippen molar-refractivity contribution < 1.29 is 0 Å². The molecule has 2 aliphatic heterocycles. The molecule has 0 saturated carbocycles. The lowest BCUT2D eigenvalue weighted by Crippen LogP contribution is -2.36. The van der Waals surface area contributed by atoms with Crippen molar-refractivity contribution in [2.24, 2.45) is 14.1 Å². The number of hydrogen-bond acceptors (Lipinski definition) is 4. The van der Waals surface area contributed by atoms with Gasteiger partial charge in [-0.1, -0.05) is 30.3 Å². The summed E-state index contributed by atoms with van der Waals surface area (Å²) in [7, 11) is 3.15. The van der Waals surface area contributed by atoms with Crippen molar-refractivity contribution in [2.75, 3.05) is 0 Å². The van der Waals surface area contributed by atoms with Crippen molar-refractivity contribution in [2.45, 2.75) is 6.92 Å². The van der Waals surface area contributed by atoms with Gasteiger partial charge in [-0.25, -0.2) is 9.78 Å². The number of rotatable bonds is 2. The van der Waals surface area contributed by atoms with Crippen LogP contribution in [0.5, 0.6) is 0 Å². The van der Waals surface area contributed by atoms with Gasteiger partial charge < -0.3 is 4.57 Å². The topological polar surface area (TPSA) is 69.8 Å². The van der Waals surface area contributed by atoms with Gasteiger partial charge in [0.05, 0.1) is 5.69 Å². The molecule has 0 spiro atoms. The van der Waals surface area contributed by atoms with E-state index in [9.17, 15) is 9.59 Å². The number of hydrogen-bond donors (Lipinski definition) is 0. The fourth-order valence-corrected chi connectivity index (χ4v) is 2.36. The minimum absolute atomic E-state index is 0.188. The number of fused-ring (bicyclic) bond motifs is 1. The van der Waals surface area contributed by atoms with Crippen LogP contribution in [0.2, 0.25) is 0 Å². The molecule has 1 aromatic carbocycles. The molecule has 2 heterocycles. The molecule has 116 valence electrons. The average molecular weight is 308 g/mol. The number of benzene rings is 1. The fraction of sp³-hybridized carbons (Fsp3) is 0.176. The second-order valence-corrected chi connectivity index (χ2v) is 5.41. The number of aromatic nitrogens is 4. The second-order valence-electron chi connectivity index (χ2n) is 5.41. The maximum Gasteiger partial charge on any atom is 0.352 e. The first-order valence-corrected chi connectivity index (χ1v) is 7.15. The fourth-order valence-electron chi connectivity index (χ4n) is 2.36. The zero-order chi connectivity index (χ0) is 16.6. The molecule has 0 amide bonds. The van der Waals surface area contributed by atoms with Gasteiger partial charge in [0.15, 0.2) is 11.5 Å². The van der Waals surface area contributed by atoms with Gasteiger partial charge in [0.25, 0.3) is 5.56 Å². The van der Waals surface area contributed by atoms with Gasteiger partial charge in [-0.05, 0) is 24.1 Å². The van der Waals surface area contributed by atoms with Crippen molar-refractivity contribution >= 4 is 11.6 Å². The van der Waals surface area contributed by atoms with Crippen LogP contribution in [0.4, 0.5) is 0 Å². The van der Waals surface area contributed by atoms with Gasteiger partial charge in [-0.2, -0.15) is 4.98 Å². The lowest BCUT2D eigenvalue weighted by molar-refractivity contribution is 0.736. The summed E-state index contributed by atoms with van der Waals surface area (Å²) in [6, 6.07) is 9.87. The lowest BCUT2D eigenvalue weighted by atomic mass is 10.1. The minimum Gasteiger partial charge on any atom is -0.332 e. The maximum absolute atomic E-state index is 12.3. The Balaban J connectivity index is 2.21. The highest BCUT2D eigenvalue weighted by Gasteiger charge is 2.17. The molecule has 23 heavy (non-hydrogen) atoms. The molecule has 6 heteroatoms. The molecule has 0 bridgehead atoms. The molecule has 0 aromatic heterocycles. The second kappa shape index (κ2) is 5.64. The van der Waals surface area contributed by atoms with Gasteiger partial charge in [0.1, 0.15) is 0 Å². The van der Waals surface area contributed by atoms with E-state index in [1.165, 1.54) is 7.05 Å². The third kappa shape index (κ3) is 2.70. The summed E-state index contributed by atoms with van der Waals surface area (Å²) in [5.41, 5.74) is 1.81. The van der Waals surface area contributed by atoms with Crippen LogP contribution in [-0.4, -0.2) is 19.1 Å². The van der Waals surface area contributed by atoms with Gasteiger partial charge in [-0.3, -0.25) is 9.36 Å². The van der Waals surface area contributed by atoms with Crippen molar-refractivity contribution in [3.63, 3.8) is 0 Å². The highest BCUT2D eigenvalue weighted by Crippen LogP contribution is 2.19. The molecule has 0 saturated heterocycles. The van der Waals surface area contributed by atoms with Gasteiger partial charge in [0, 0.05) is 20.3 Å². The maximum atomic E-state index is 12.3. The van der Waals surface area contributed by atoms with E-state index >= 15 is 0 Å². The smallest absolute Gasteiger partial charge is 0.332 e. The molecule has 0 N–H and O–H groups in total. The molecule has 0 atom stereocenters. The molecule has 2 aliphatic rings. The Hall–Kier alpha value is -3.02. The average Bonchev–Trinajstić information content (AvgIpc) is 2.54. The van der Waals surface area contributed by atoms with Crippen molar-refractivity contribution in [3.05, 3.63) is 68.6 Å². The number of nitrogens with zero attached hydrogens (tertiary/aromatic N) is 4. The normalized spacial score (nSPS) is 11.9. The highest BCUT2D eigenvalue weighted by atomic mass is 16.2. The summed E-state index contributed by atoms with van der Waals surface area (Å²) >= 11 is 0. The predicted molar refractivity (Wildman–Crippen MR) is 89.1 cm³/mol. The number of aryl methyl sites for hydroxylation is 1. The van der Waals surface area contributed by atoms with Crippen molar-refractivity contribution in [1.82, 2.24) is 19.1 Å². The van der Waals surface area contributed by atoms with Crippen LogP contribution in [0.25, 0.3) is 23.2 Å². The largest absolute Gasteiger partial charge is 0.352 e. The van der Waals surface area contributed by atoms with Crippen LogP contribution < -0.4 is 11.2 Å². The summed E-state index contributed by atoms with van der Waals surface area (Å²) in [5, 5.41) is 0. The molecule has 0 unspecified atom stereocenters. The van der Waals surface area contributed by atoms with E-state index < -0.39 is 11.2 Å². The third-order valence-electron chi connectivity index (χ3n) is 3.68. The highest BCUT2D eigenvalue weighted by molar-refractivity contribution is 5.79.